The van der Waals surface area contributed by atoms with Crippen LogP contribution < -0.4 is 5.73 Å². The van der Waals surface area contributed by atoms with Gasteiger partial charge in [0.05, 0.1) is 6.61 Å². The van der Waals surface area contributed by atoms with Crippen molar-refractivity contribution in [2.45, 2.75) is 26.0 Å². The highest BCUT2D eigenvalue weighted by molar-refractivity contribution is 5.59. The van der Waals surface area contributed by atoms with Crippen LogP contribution in [0.2, 0.25) is 0 Å². The van der Waals surface area contributed by atoms with Crippen molar-refractivity contribution in [2.24, 2.45) is 0 Å². The third kappa shape index (κ3) is 3.06. The Morgan fingerprint density at radius 1 is 1.38 bits per heavy atom. The molecular weight excluding hydrogens is 268 g/mol. The van der Waals surface area contributed by atoms with Gasteiger partial charge >= 0.3 is 0 Å². The minimum atomic E-state index is -0.139. The number of nitrogens with zero attached hydrogens (tertiary/aromatic N) is 3. The number of ether oxygens (including phenoxy) is 1. The average Bonchev–Trinajstić information content (AvgIpc) is 2.97. The predicted octanol–water partition coefficient (Wildman–Crippen LogP) is 2.10. The van der Waals surface area contributed by atoms with E-state index in [0.717, 1.165) is 18.7 Å². The second kappa shape index (κ2) is 5.83. The summed E-state index contributed by atoms with van der Waals surface area (Å²) in [6.45, 7) is 6.76. The molecule has 0 amide bonds. The molecule has 1 atom stereocenters. The van der Waals surface area contributed by atoms with E-state index in [1.165, 1.54) is 0 Å². The molecule has 3 rings (SSSR count). The first-order valence-corrected chi connectivity index (χ1v) is 7.18. The molecule has 1 unspecified atom stereocenters. The smallest absolute Gasteiger partial charge is 0.258 e. The molecule has 0 saturated carbocycles. The Morgan fingerprint density at radius 2 is 2.24 bits per heavy atom. The van der Waals surface area contributed by atoms with Crippen LogP contribution in [0, 0.1) is 0 Å². The largest absolute Gasteiger partial charge is 0.399 e. The Labute approximate surface area is 123 Å². The van der Waals surface area contributed by atoms with Crippen LogP contribution in [0.5, 0.6) is 0 Å². The summed E-state index contributed by atoms with van der Waals surface area (Å²) < 4.78 is 11.1. The summed E-state index contributed by atoms with van der Waals surface area (Å²) in [6.07, 6.45) is -0.139. The molecule has 1 aromatic heterocycles. The van der Waals surface area contributed by atoms with Gasteiger partial charge in [-0.1, -0.05) is 11.2 Å². The quantitative estimate of drug-likeness (QED) is 0.871. The summed E-state index contributed by atoms with van der Waals surface area (Å²) in [5.41, 5.74) is 7.27. The van der Waals surface area contributed by atoms with Crippen molar-refractivity contribution in [3.8, 4) is 11.5 Å². The minimum Gasteiger partial charge on any atom is -0.399 e. The second-order valence-corrected chi connectivity index (χ2v) is 5.53. The molecule has 0 radical (unpaired) electrons. The maximum atomic E-state index is 5.78. The van der Waals surface area contributed by atoms with Crippen LogP contribution in [-0.2, 0) is 4.74 Å². The van der Waals surface area contributed by atoms with Gasteiger partial charge in [0.2, 0.25) is 5.82 Å². The van der Waals surface area contributed by atoms with E-state index >= 15 is 0 Å². The highest BCUT2D eigenvalue weighted by atomic mass is 16.5. The predicted molar refractivity (Wildman–Crippen MR) is 79.5 cm³/mol. The van der Waals surface area contributed by atoms with E-state index in [1.807, 2.05) is 24.3 Å². The van der Waals surface area contributed by atoms with Gasteiger partial charge in [0.1, 0.15) is 6.10 Å². The zero-order chi connectivity index (χ0) is 14.8. The molecule has 0 aliphatic carbocycles. The summed E-state index contributed by atoms with van der Waals surface area (Å²) in [5, 5.41) is 4.06. The van der Waals surface area contributed by atoms with Crippen LogP contribution in [0.15, 0.2) is 28.8 Å². The lowest BCUT2D eigenvalue weighted by Crippen LogP contribution is -2.42. The van der Waals surface area contributed by atoms with Gasteiger partial charge in [0, 0.05) is 30.4 Å². The molecule has 2 aromatic rings. The van der Waals surface area contributed by atoms with E-state index in [-0.39, 0.29) is 6.10 Å². The molecule has 1 aromatic carbocycles. The van der Waals surface area contributed by atoms with Crippen LogP contribution in [0.25, 0.3) is 11.5 Å². The van der Waals surface area contributed by atoms with Crippen molar-refractivity contribution in [3.63, 3.8) is 0 Å². The van der Waals surface area contributed by atoms with Crippen LogP contribution in [0.1, 0.15) is 25.8 Å². The van der Waals surface area contributed by atoms with Crippen molar-refractivity contribution in [3.05, 3.63) is 30.1 Å². The highest BCUT2D eigenvalue weighted by Gasteiger charge is 2.27. The second-order valence-electron chi connectivity index (χ2n) is 5.53. The van der Waals surface area contributed by atoms with Gasteiger partial charge in [0.15, 0.2) is 0 Å². The summed E-state index contributed by atoms with van der Waals surface area (Å²) >= 11 is 0. The molecular formula is C15H20N4O2. The summed E-state index contributed by atoms with van der Waals surface area (Å²) in [7, 11) is 0. The molecule has 112 valence electrons. The Hall–Kier alpha value is -1.92. The van der Waals surface area contributed by atoms with Gasteiger partial charge in [-0.25, -0.2) is 0 Å². The van der Waals surface area contributed by atoms with Crippen molar-refractivity contribution >= 4 is 5.69 Å². The fourth-order valence-corrected chi connectivity index (χ4v) is 2.45. The SMILES string of the molecule is CC(C)N1CCOC(c2noc(-c3cccc(N)c3)n2)C1. The number of aromatic nitrogens is 2. The zero-order valence-electron chi connectivity index (χ0n) is 12.3. The van der Waals surface area contributed by atoms with Gasteiger partial charge in [-0.05, 0) is 32.0 Å². The number of anilines is 1. The topological polar surface area (TPSA) is 77.4 Å². The maximum absolute atomic E-state index is 5.78. The van der Waals surface area contributed by atoms with Gasteiger partial charge < -0.3 is 15.0 Å². The van der Waals surface area contributed by atoms with Crippen molar-refractivity contribution in [1.82, 2.24) is 15.0 Å². The van der Waals surface area contributed by atoms with Crippen molar-refractivity contribution in [2.75, 3.05) is 25.4 Å². The van der Waals surface area contributed by atoms with E-state index in [9.17, 15) is 0 Å². The van der Waals surface area contributed by atoms with E-state index in [0.29, 0.717) is 30.1 Å². The maximum Gasteiger partial charge on any atom is 0.258 e. The van der Waals surface area contributed by atoms with Crippen molar-refractivity contribution in [1.29, 1.82) is 0 Å². The number of nitrogen functional groups attached to an aromatic ring is 1. The minimum absolute atomic E-state index is 0.139. The normalized spacial score (nSPS) is 20.0. The Morgan fingerprint density at radius 3 is 3.00 bits per heavy atom. The monoisotopic (exact) mass is 288 g/mol. The lowest BCUT2D eigenvalue weighted by molar-refractivity contribution is -0.0450. The third-order valence-corrected chi connectivity index (χ3v) is 3.69. The number of hydrogen-bond donors (Lipinski definition) is 1. The molecule has 0 bridgehead atoms. The lowest BCUT2D eigenvalue weighted by Gasteiger charge is -2.34. The molecule has 1 fully saturated rings. The lowest BCUT2D eigenvalue weighted by atomic mass is 10.2. The van der Waals surface area contributed by atoms with E-state index in [1.54, 1.807) is 0 Å². The summed E-state index contributed by atoms with van der Waals surface area (Å²) in [4.78, 5) is 6.81. The van der Waals surface area contributed by atoms with Crippen molar-refractivity contribution < 1.29 is 9.26 Å². The van der Waals surface area contributed by atoms with Gasteiger partial charge in [0.25, 0.3) is 5.89 Å². The molecule has 0 spiro atoms. The molecule has 6 nitrogen and oxygen atoms in total. The van der Waals surface area contributed by atoms with Gasteiger partial charge in [-0.15, -0.1) is 0 Å². The first-order chi connectivity index (χ1) is 10.1. The Bertz CT molecular complexity index is 611. The zero-order valence-corrected chi connectivity index (χ0v) is 12.3. The first kappa shape index (κ1) is 14.0. The third-order valence-electron chi connectivity index (χ3n) is 3.69. The summed E-state index contributed by atoms with van der Waals surface area (Å²) in [6, 6.07) is 7.89. The highest BCUT2D eigenvalue weighted by Crippen LogP contribution is 2.25. The number of hydrogen-bond acceptors (Lipinski definition) is 6. The standard InChI is InChI=1S/C15H20N4O2/c1-10(2)19-6-7-20-13(9-19)14-17-15(21-18-14)11-4-3-5-12(16)8-11/h3-5,8,10,13H,6-7,9,16H2,1-2H3. The molecule has 1 aliphatic heterocycles. The Kier molecular flexibility index (Phi) is 3.90. The molecule has 1 aliphatic rings. The van der Waals surface area contributed by atoms with E-state index in [4.69, 9.17) is 15.0 Å². The van der Waals surface area contributed by atoms with Crippen LogP contribution in [-0.4, -0.2) is 40.8 Å². The fourth-order valence-electron chi connectivity index (χ4n) is 2.45. The Balaban J connectivity index is 1.78. The summed E-state index contributed by atoms with van der Waals surface area (Å²) in [5.74, 6) is 1.07. The number of nitrogens with two attached hydrogens (primary N) is 1. The number of morpholine rings is 1. The van der Waals surface area contributed by atoms with Crippen LogP contribution >= 0.6 is 0 Å². The van der Waals surface area contributed by atoms with E-state index in [2.05, 4.69) is 28.9 Å². The molecule has 21 heavy (non-hydrogen) atoms. The van der Waals surface area contributed by atoms with Gasteiger partial charge in [-0.2, -0.15) is 4.98 Å². The van der Waals surface area contributed by atoms with Gasteiger partial charge in [-0.3, -0.25) is 4.90 Å². The number of rotatable bonds is 3. The van der Waals surface area contributed by atoms with Crippen LogP contribution in [0.3, 0.4) is 0 Å². The molecule has 6 heteroatoms. The fraction of sp³-hybridized carbons (Fsp3) is 0.467. The molecule has 1 saturated heterocycles. The number of benzene rings is 1. The van der Waals surface area contributed by atoms with E-state index < -0.39 is 0 Å². The molecule has 2 N–H and O–H groups in total. The average molecular weight is 288 g/mol. The molecule has 2 heterocycles. The first-order valence-electron chi connectivity index (χ1n) is 7.18. The van der Waals surface area contributed by atoms with Crippen LogP contribution in [0.4, 0.5) is 5.69 Å².